The number of benzene rings is 1. The van der Waals surface area contributed by atoms with Crippen LogP contribution < -0.4 is 15.8 Å². The Morgan fingerprint density at radius 3 is 2.71 bits per heavy atom. The Kier molecular flexibility index (Phi) is 4.66. The first-order valence-electron chi connectivity index (χ1n) is 8.00. The van der Waals surface area contributed by atoms with Crippen molar-refractivity contribution in [1.29, 1.82) is 0 Å². The second-order valence-corrected chi connectivity index (χ2v) is 5.75. The van der Waals surface area contributed by atoms with Gasteiger partial charge in [0.2, 0.25) is 0 Å². The van der Waals surface area contributed by atoms with Crippen molar-refractivity contribution in [3.05, 3.63) is 46.9 Å². The summed E-state index contributed by atoms with van der Waals surface area (Å²) in [5.74, 6) is 1.22. The molecule has 1 aromatic heterocycles. The largest absolute Gasteiger partial charge is 0.492 e. The summed E-state index contributed by atoms with van der Waals surface area (Å²) in [5, 5.41) is 2.78. The zero-order chi connectivity index (χ0) is 17.1. The standard InChI is InChI=1S/C18H20N2O4/c1-11-16-14(21)3-2-4-15(16)24-17(11)18(22)20-12-5-7-13(8-6-12)23-10-9-19/h5-8H,2-4,9-10,19H2,1H3,(H,20,22). The average molecular weight is 328 g/mol. The average Bonchev–Trinajstić information content (AvgIpc) is 2.92. The molecule has 0 saturated heterocycles. The Bertz CT molecular complexity index is 762. The lowest BCUT2D eigenvalue weighted by atomic mass is 9.94. The van der Waals surface area contributed by atoms with Gasteiger partial charge in [-0.2, -0.15) is 0 Å². The molecule has 3 N–H and O–H groups in total. The Morgan fingerprint density at radius 1 is 1.29 bits per heavy atom. The third-order valence-corrected chi connectivity index (χ3v) is 4.01. The van der Waals surface area contributed by atoms with Gasteiger partial charge in [0.15, 0.2) is 11.5 Å². The molecule has 1 amide bonds. The molecule has 126 valence electrons. The Labute approximate surface area is 140 Å². The fourth-order valence-electron chi connectivity index (χ4n) is 2.86. The van der Waals surface area contributed by atoms with Gasteiger partial charge in [-0.15, -0.1) is 0 Å². The highest BCUT2D eigenvalue weighted by atomic mass is 16.5. The van der Waals surface area contributed by atoms with Crippen LogP contribution in [0, 0.1) is 6.92 Å². The molecule has 1 aliphatic carbocycles. The minimum absolute atomic E-state index is 0.0537. The molecule has 3 rings (SSSR count). The number of ketones is 1. The van der Waals surface area contributed by atoms with Crippen LogP contribution in [-0.4, -0.2) is 24.8 Å². The number of furan rings is 1. The molecule has 0 unspecified atom stereocenters. The van der Waals surface area contributed by atoms with E-state index in [4.69, 9.17) is 14.9 Å². The van der Waals surface area contributed by atoms with E-state index in [-0.39, 0.29) is 17.5 Å². The molecule has 0 atom stereocenters. The molecule has 24 heavy (non-hydrogen) atoms. The van der Waals surface area contributed by atoms with Gasteiger partial charge in [-0.3, -0.25) is 9.59 Å². The highest BCUT2D eigenvalue weighted by molar-refractivity contribution is 6.07. The van der Waals surface area contributed by atoms with Gasteiger partial charge in [0.25, 0.3) is 5.91 Å². The van der Waals surface area contributed by atoms with Crippen molar-refractivity contribution in [2.24, 2.45) is 5.73 Å². The van der Waals surface area contributed by atoms with Crippen LogP contribution in [0.4, 0.5) is 5.69 Å². The van der Waals surface area contributed by atoms with Crippen molar-refractivity contribution in [2.45, 2.75) is 26.2 Å². The topological polar surface area (TPSA) is 94.6 Å². The smallest absolute Gasteiger partial charge is 0.291 e. The number of aryl methyl sites for hydroxylation is 1. The van der Waals surface area contributed by atoms with Crippen LogP contribution in [0.25, 0.3) is 0 Å². The monoisotopic (exact) mass is 328 g/mol. The molecule has 6 nitrogen and oxygen atoms in total. The van der Waals surface area contributed by atoms with Crippen LogP contribution in [0.15, 0.2) is 28.7 Å². The summed E-state index contributed by atoms with van der Waals surface area (Å²) in [6, 6.07) is 7.00. The van der Waals surface area contributed by atoms with E-state index in [2.05, 4.69) is 5.32 Å². The van der Waals surface area contributed by atoms with Gasteiger partial charge in [-0.1, -0.05) is 0 Å². The number of amides is 1. The Hall–Kier alpha value is -2.60. The van der Waals surface area contributed by atoms with Crippen LogP contribution in [-0.2, 0) is 6.42 Å². The third-order valence-electron chi connectivity index (χ3n) is 4.01. The normalized spacial score (nSPS) is 13.5. The molecule has 0 saturated carbocycles. The minimum Gasteiger partial charge on any atom is -0.492 e. The van der Waals surface area contributed by atoms with Gasteiger partial charge >= 0.3 is 0 Å². The van der Waals surface area contributed by atoms with E-state index in [9.17, 15) is 9.59 Å². The van der Waals surface area contributed by atoms with E-state index in [0.29, 0.717) is 54.3 Å². The number of Topliss-reactive ketones (excluding diaryl/α,β-unsaturated/α-hetero) is 1. The molecule has 6 heteroatoms. The number of ether oxygens (including phenoxy) is 1. The molecular formula is C18H20N2O4. The molecule has 0 radical (unpaired) electrons. The summed E-state index contributed by atoms with van der Waals surface area (Å²) in [6.07, 6.45) is 1.98. The summed E-state index contributed by atoms with van der Waals surface area (Å²) in [4.78, 5) is 24.5. The molecular weight excluding hydrogens is 308 g/mol. The van der Waals surface area contributed by atoms with Gasteiger partial charge in [-0.25, -0.2) is 0 Å². The fraction of sp³-hybridized carbons (Fsp3) is 0.333. The second kappa shape index (κ2) is 6.88. The third kappa shape index (κ3) is 3.19. The first-order chi connectivity index (χ1) is 11.6. The van der Waals surface area contributed by atoms with Gasteiger partial charge in [0.05, 0.1) is 5.56 Å². The summed E-state index contributed by atoms with van der Waals surface area (Å²) < 4.78 is 11.0. The second-order valence-electron chi connectivity index (χ2n) is 5.75. The lowest BCUT2D eigenvalue weighted by Crippen LogP contribution is -2.13. The number of carbonyl (C=O) groups is 2. The number of rotatable bonds is 5. The van der Waals surface area contributed by atoms with Crippen molar-refractivity contribution in [1.82, 2.24) is 0 Å². The summed E-state index contributed by atoms with van der Waals surface area (Å²) >= 11 is 0. The Balaban J connectivity index is 1.75. The molecule has 0 bridgehead atoms. The number of carbonyl (C=O) groups excluding carboxylic acids is 2. The van der Waals surface area contributed by atoms with Crippen molar-refractivity contribution < 1.29 is 18.7 Å². The van der Waals surface area contributed by atoms with E-state index in [1.54, 1.807) is 31.2 Å². The molecule has 1 aromatic carbocycles. The Morgan fingerprint density at radius 2 is 2.04 bits per heavy atom. The lowest BCUT2D eigenvalue weighted by Gasteiger charge is -2.07. The molecule has 0 aliphatic heterocycles. The quantitative estimate of drug-likeness (QED) is 0.880. The lowest BCUT2D eigenvalue weighted by molar-refractivity contribution is 0.0963. The summed E-state index contributed by atoms with van der Waals surface area (Å²) in [7, 11) is 0. The molecule has 0 spiro atoms. The summed E-state index contributed by atoms with van der Waals surface area (Å²) in [5.41, 5.74) is 7.21. The van der Waals surface area contributed by atoms with Gasteiger partial charge in [0.1, 0.15) is 18.1 Å². The van der Waals surface area contributed by atoms with Crippen LogP contribution >= 0.6 is 0 Å². The molecule has 2 aromatic rings. The van der Waals surface area contributed by atoms with Crippen molar-refractivity contribution in [3.8, 4) is 5.75 Å². The zero-order valence-electron chi connectivity index (χ0n) is 13.6. The van der Waals surface area contributed by atoms with Crippen LogP contribution in [0.5, 0.6) is 5.75 Å². The first kappa shape index (κ1) is 16.3. The van der Waals surface area contributed by atoms with Crippen LogP contribution in [0.1, 0.15) is 45.1 Å². The van der Waals surface area contributed by atoms with E-state index in [1.807, 2.05) is 0 Å². The first-order valence-corrected chi connectivity index (χ1v) is 8.00. The van der Waals surface area contributed by atoms with Crippen molar-refractivity contribution >= 4 is 17.4 Å². The number of fused-ring (bicyclic) bond motifs is 1. The number of anilines is 1. The maximum absolute atomic E-state index is 12.5. The van der Waals surface area contributed by atoms with Crippen molar-refractivity contribution in [2.75, 3.05) is 18.5 Å². The maximum Gasteiger partial charge on any atom is 0.291 e. The van der Waals surface area contributed by atoms with E-state index in [1.165, 1.54) is 0 Å². The minimum atomic E-state index is -0.356. The van der Waals surface area contributed by atoms with Crippen LogP contribution in [0.3, 0.4) is 0 Å². The number of hydrogen-bond donors (Lipinski definition) is 2. The fourth-order valence-corrected chi connectivity index (χ4v) is 2.86. The van der Waals surface area contributed by atoms with Gasteiger partial charge < -0.3 is 20.2 Å². The molecule has 0 fully saturated rings. The molecule has 1 aliphatic rings. The van der Waals surface area contributed by atoms with Gasteiger partial charge in [0, 0.05) is 30.6 Å². The molecule has 1 heterocycles. The van der Waals surface area contributed by atoms with E-state index in [0.717, 1.165) is 6.42 Å². The highest BCUT2D eigenvalue weighted by Crippen LogP contribution is 2.29. The highest BCUT2D eigenvalue weighted by Gasteiger charge is 2.28. The predicted molar refractivity (Wildman–Crippen MR) is 89.7 cm³/mol. The number of nitrogens with one attached hydrogen (secondary N) is 1. The SMILES string of the molecule is Cc1c(C(=O)Nc2ccc(OCCN)cc2)oc2c1C(=O)CCC2. The van der Waals surface area contributed by atoms with E-state index >= 15 is 0 Å². The number of hydrogen-bond acceptors (Lipinski definition) is 5. The van der Waals surface area contributed by atoms with Crippen molar-refractivity contribution in [3.63, 3.8) is 0 Å². The summed E-state index contributed by atoms with van der Waals surface area (Å²) in [6.45, 7) is 2.64. The predicted octanol–water partition coefficient (Wildman–Crippen LogP) is 2.70. The zero-order valence-corrected chi connectivity index (χ0v) is 13.6. The van der Waals surface area contributed by atoms with E-state index < -0.39 is 0 Å². The van der Waals surface area contributed by atoms with Gasteiger partial charge in [-0.05, 0) is 37.6 Å². The number of nitrogens with two attached hydrogens (primary N) is 1. The van der Waals surface area contributed by atoms with Crippen LogP contribution in [0.2, 0.25) is 0 Å². The maximum atomic E-state index is 12.5.